The highest BCUT2D eigenvalue weighted by atomic mass is 32.2. The highest BCUT2D eigenvalue weighted by Crippen LogP contribution is 2.20. The third kappa shape index (κ3) is 4.24. The molecular formula is C10H22N2O2S2. The van der Waals surface area contributed by atoms with E-state index in [0.29, 0.717) is 13.1 Å². The number of sulfonamides is 1. The van der Waals surface area contributed by atoms with Crippen LogP contribution in [0.1, 0.15) is 20.8 Å². The van der Waals surface area contributed by atoms with Gasteiger partial charge in [-0.15, -0.1) is 0 Å². The summed E-state index contributed by atoms with van der Waals surface area (Å²) in [4.78, 5) is 0. The minimum absolute atomic E-state index is 0.171. The number of piperazine rings is 1. The summed E-state index contributed by atoms with van der Waals surface area (Å²) in [5.41, 5.74) is -0.171. The summed E-state index contributed by atoms with van der Waals surface area (Å²) >= 11 is 1.68. The van der Waals surface area contributed by atoms with Crippen molar-refractivity contribution in [2.75, 3.05) is 38.2 Å². The zero-order valence-electron chi connectivity index (χ0n) is 10.6. The van der Waals surface area contributed by atoms with Crippen molar-refractivity contribution >= 4 is 22.0 Å². The highest BCUT2D eigenvalue weighted by molar-refractivity contribution is 7.96. The quantitative estimate of drug-likeness (QED) is 0.721. The van der Waals surface area contributed by atoms with Gasteiger partial charge < -0.3 is 0 Å². The van der Waals surface area contributed by atoms with E-state index in [9.17, 15) is 8.42 Å². The number of nitrogens with zero attached hydrogens (tertiary/aromatic N) is 2. The Morgan fingerprint density at radius 1 is 1.12 bits per heavy atom. The van der Waals surface area contributed by atoms with Gasteiger partial charge in [-0.3, -0.25) is 0 Å². The van der Waals surface area contributed by atoms with Gasteiger partial charge in [0, 0.05) is 26.2 Å². The van der Waals surface area contributed by atoms with Crippen molar-refractivity contribution in [3.05, 3.63) is 0 Å². The summed E-state index contributed by atoms with van der Waals surface area (Å²) in [7, 11) is -3.08. The predicted molar refractivity (Wildman–Crippen MR) is 69.9 cm³/mol. The molecule has 1 saturated heterocycles. The normalized spacial score (nSPS) is 21.2. The van der Waals surface area contributed by atoms with E-state index < -0.39 is 10.0 Å². The van der Waals surface area contributed by atoms with Gasteiger partial charge in [-0.2, -0.15) is 4.31 Å². The molecule has 0 bridgehead atoms. The Kier molecular flexibility index (Phi) is 4.68. The molecule has 96 valence electrons. The van der Waals surface area contributed by atoms with Gasteiger partial charge in [0.1, 0.15) is 0 Å². The molecule has 0 saturated carbocycles. The summed E-state index contributed by atoms with van der Waals surface area (Å²) in [5, 5.41) is 0. The van der Waals surface area contributed by atoms with Crippen molar-refractivity contribution in [3.63, 3.8) is 0 Å². The molecule has 16 heavy (non-hydrogen) atoms. The first kappa shape index (κ1) is 14.3. The van der Waals surface area contributed by atoms with E-state index in [-0.39, 0.29) is 11.2 Å². The summed E-state index contributed by atoms with van der Waals surface area (Å²) in [5.74, 6) is 0.235. The lowest BCUT2D eigenvalue weighted by Crippen LogP contribution is -2.48. The van der Waals surface area contributed by atoms with E-state index in [1.165, 1.54) is 0 Å². The monoisotopic (exact) mass is 266 g/mol. The molecule has 0 aromatic heterocycles. The maximum Gasteiger partial charge on any atom is 0.214 e. The van der Waals surface area contributed by atoms with E-state index in [0.717, 1.165) is 13.1 Å². The molecule has 0 radical (unpaired) electrons. The molecule has 6 heteroatoms. The van der Waals surface area contributed by atoms with Crippen molar-refractivity contribution in [2.24, 2.45) is 5.41 Å². The van der Waals surface area contributed by atoms with E-state index in [4.69, 9.17) is 0 Å². The standard InChI is InChI=1S/C10H22N2O2S2/c1-10(2,3)9-16(13,14)12-7-5-11(15-4)6-8-12/h5-9H2,1-4H3. The van der Waals surface area contributed by atoms with Crippen LogP contribution in [-0.4, -0.2) is 55.2 Å². The van der Waals surface area contributed by atoms with Gasteiger partial charge in [-0.05, 0) is 11.7 Å². The van der Waals surface area contributed by atoms with Gasteiger partial charge in [0.2, 0.25) is 10.0 Å². The molecule has 1 aliphatic heterocycles. The second-order valence-corrected chi connectivity index (χ2v) is 8.18. The SMILES string of the molecule is CSN1CCN(S(=O)(=O)CC(C)(C)C)CC1. The van der Waals surface area contributed by atoms with Crippen LogP contribution < -0.4 is 0 Å². The minimum Gasteiger partial charge on any atom is -0.248 e. The topological polar surface area (TPSA) is 40.6 Å². The third-order valence-electron chi connectivity index (χ3n) is 2.46. The smallest absolute Gasteiger partial charge is 0.214 e. The zero-order valence-corrected chi connectivity index (χ0v) is 12.2. The maximum atomic E-state index is 12.1. The average Bonchev–Trinajstić information content (AvgIpc) is 2.14. The van der Waals surface area contributed by atoms with Crippen LogP contribution in [0.3, 0.4) is 0 Å². The van der Waals surface area contributed by atoms with Crippen LogP contribution in [0.5, 0.6) is 0 Å². The fourth-order valence-corrected chi connectivity index (χ4v) is 4.29. The third-order valence-corrected chi connectivity index (χ3v) is 5.73. The van der Waals surface area contributed by atoms with Gasteiger partial charge in [-0.1, -0.05) is 32.7 Å². The molecule has 0 spiro atoms. The van der Waals surface area contributed by atoms with Crippen LogP contribution in [0.25, 0.3) is 0 Å². The van der Waals surface area contributed by atoms with Crippen molar-refractivity contribution < 1.29 is 8.42 Å². The van der Waals surface area contributed by atoms with Crippen molar-refractivity contribution in [1.29, 1.82) is 0 Å². The Labute approximate surface area is 104 Å². The van der Waals surface area contributed by atoms with Crippen LogP contribution >= 0.6 is 11.9 Å². The van der Waals surface area contributed by atoms with Gasteiger partial charge in [0.15, 0.2) is 0 Å². The van der Waals surface area contributed by atoms with Gasteiger partial charge in [0.25, 0.3) is 0 Å². The summed E-state index contributed by atoms with van der Waals surface area (Å²) in [6.07, 6.45) is 2.03. The Morgan fingerprint density at radius 3 is 2.00 bits per heavy atom. The van der Waals surface area contributed by atoms with Gasteiger partial charge in [0.05, 0.1) is 5.75 Å². The van der Waals surface area contributed by atoms with E-state index in [1.807, 2.05) is 27.0 Å². The summed E-state index contributed by atoms with van der Waals surface area (Å²) in [6, 6.07) is 0. The van der Waals surface area contributed by atoms with Crippen LogP contribution in [0.4, 0.5) is 0 Å². The molecule has 0 unspecified atom stereocenters. The van der Waals surface area contributed by atoms with Crippen LogP contribution in [0, 0.1) is 5.41 Å². The second kappa shape index (κ2) is 5.25. The molecule has 0 atom stereocenters. The second-order valence-electron chi connectivity index (χ2n) is 5.33. The Hall–Kier alpha value is 0.220. The van der Waals surface area contributed by atoms with Gasteiger partial charge >= 0.3 is 0 Å². The molecule has 0 aliphatic carbocycles. The molecule has 0 amide bonds. The first-order valence-corrected chi connectivity index (χ1v) is 8.30. The zero-order chi connectivity index (χ0) is 12.4. The molecule has 1 rings (SSSR count). The fourth-order valence-electron chi connectivity index (χ4n) is 1.77. The molecule has 1 aliphatic rings. The average molecular weight is 266 g/mol. The Morgan fingerprint density at radius 2 is 1.62 bits per heavy atom. The van der Waals surface area contributed by atoms with Crippen LogP contribution in [0.2, 0.25) is 0 Å². The first-order chi connectivity index (χ1) is 7.24. The summed E-state index contributed by atoms with van der Waals surface area (Å²) in [6.45, 7) is 8.78. The molecule has 1 fully saturated rings. The molecule has 0 aromatic carbocycles. The van der Waals surface area contributed by atoms with Crippen LogP contribution in [-0.2, 0) is 10.0 Å². The molecule has 0 aromatic rings. The number of rotatable bonds is 3. The molecular weight excluding hydrogens is 244 g/mol. The minimum atomic E-state index is -3.08. The molecule has 4 nitrogen and oxygen atoms in total. The van der Waals surface area contributed by atoms with Gasteiger partial charge in [-0.25, -0.2) is 12.7 Å². The van der Waals surface area contributed by atoms with E-state index in [2.05, 4.69) is 4.31 Å². The van der Waals surface area contributed by atoms with Crippen LogP contribution in [0.15, 0.2) is 0 Å². The lowest BCUT2D eigenvalue weighted by atomic mass is 10.0. The lowest BCUT2D eigenvalue weighted by Gasteiger charge is -2.34. The number of hydrogen-bond donors (Lipinski definition) is 0. The summed E-state index contributed by atoms with van der Waals surface area (Å²) < 4.78 is 28.0. The lowest BCUT2D eigenvalue weighted by molar-refractivity contribution is 0.285. The fraction of sp³-hybridized carbons (Fsp3) is 1.00. The highest BCUT2D eigenvalue weighted by Gasteiger charge is 2.30. The van der Waals surface area contributed by atoms with E-state index >= 15 is 0 Å². The van der Waals surface area contributed by atoms with Crippen molar-refractivity contribution in [3.8, 4) is 0 Å². The van der Waals surface area contributed by atoms with Crippen molar-refractivity contribution in [2.45, 2.75) is 20.8 Å². The molecule has 0 N–H and O–H groups in total. The van der Waals surface area contributed by atoms with Crippen molar-refractivity contribution in [1.82, 2.24) is 8.61 Å². The molecule has 1 heterocycles. The Bertz CT molecular complexity index is 314. The number of hydrogen-bond acceptors (Lipinski definition) is 4. The first-order valence-electron chi connectivity index (χ1n) is 5.51. The maximum absolute atomic E-state index is 12.1. The predicted octanol–water partition coefficient (Wildman–Crippen LogP) is 1.26. The largest absolute Gasteiger partial charge is 0.248 e. The van der Waals surface area contributed by atoms with E-state index in [1.54, 1.807) is 16.3 Å². The Balaban J connectivity index is 2.59.